The summed E-state index contributed by atoms with van der Waals surface area (Å²) in [5.41, 5.74) is 0. The topological polar surface area (TPSA) is 24.5 Å². The van der Waals surface area contributed by atoms with Gasteiger partial charge in [0.15, 0.2) is 0 Å². The van der Waals surface area contributed by atoms with Gasteiger partial charge in [0.05, 0.1) is 12.7 Å². The van der Waals surface area contributed by atoms with Gasteiger partial charge >= 0.3 is 0 Å². The summed E-state index contributed by atoms with van der Waals surface area (Å²) in [4.78, 5) is 2.17. The quantitative estimate of drug-likeness (QED) is 0.599. The van der Waals surface area contributed by atoms with E-state index in [2.05, 4.69) is 45.1 Å². The Morgan fingerprint density at radius 2 is 1.79 bits per heavy atom. The van der Waals surface area contributed by atoms with Crippen LogP contribution in [0.1, 0.15) is 20.8 Å². The van der Waals surface area contributed by atoms with E-state index < -0.39 is 0 Å². The Labute approximate surface area is 88.8 Å². The van der Waals surface area contributed by atoms with Gasteiger partial charge in [0, 0.05) is 19.6 Å². The molecule has 0 radical (unpaired) electrons. The van der Waals surface area contributed by atoms with Gasteiger partial charge in [-0.1, -0.05) is 13.8 Å². The lowest BCUT2D eigenvalue weighted by atomic mass is 10.1. The fourth-order valence-electron chi connectivity index (χ4n) is 0.937. The fraction of sp³-hybridized carbons (Fsp3) is 1.00. The lowest BCUT2D eigenvalue weighted by Gasteiger charge is -2.17. The summed E-state index contributed by atoms with van der Waals surface area (Å²) >= 11 is 0. The molecule has 0 aliphatic carbocycles. The molecule has 0 aromatic carbocycles. The van der Waals surface area contributed by atoms with Crippen molar-refractivity contribution in [1.29, 1.82) is 0 Å². The number of hydrogen-bond acceptors (Lipinski definition) is 3. The van der Waals surface area contributed by atoms with E-state index in [0.29, 0.717) is 12.0 Å². The summed E-state index contributed by atoms with van der Waals surface area (Å²) in [7, 11) is 4.16. The van der Waals surface area contributed by atoms with Gasteiger partial charge < -0.3 is 15.0 Å². The van der Waals surface area contributed by atoms with Gasteiger partial charge in [-0.3, -0.25) is 0 Å². The first kappa shape index (κ1) is 13.9. The molecular formula is C11H26N2O. The van der Waals surface area contributed by atoms with Crippen LogP contribution in [-0.4, -0.2) is 51.3 Å². The minimum absolute atomic E-state index is 0.366. The number of likely N-dealkylation sites (N-methyl/N-ethyl adjacent to an activating group) is 1. The number of nitrogens with zero attached hydrogens (tertiary/aromatic N) is 1. The minimum atomic E-state index is 0.366. The number of hydrogen-bond donors (Lipinski definition) is 1. The summed E-state index contributed by atoms with van der Waals surface area (Å²) in [6, 6.07) is 0. The Balaban J connectivity index is 3.13. The van der Waals surface area contributed by atoms with Crippen molar-refractivity contribution < 1.29 is 4.74 Å². The second-order valence-corrected chi connectivity index (χ2v) is 4.37. The van der Waals surface area contributed by atoms with Crippen LogP contribution in [0.2, 0.25) is 0 Å². The third-order valence-corrected chi connectivity index (χ3v) is 2.33. The molecule has 0 aliphatic heterocycles. The maximum atomic E-state index is 5.63. The van der Waals surface area contributed by atoms with E-state index >= 15 is 0 Å². The Kier molecular flexibility index (Phi) is 8.14. The zero-order chi connectivity index (χ0) is 11.0. The van der Waals surface area contributed by atoms with Gasteiger partial charge in [0.1, 0.15) is 0 Å². The van der Waals surface area contributed by atoms with E-state index in [4.69, 9.17) is 4.74 Å². The fourth-order valence-corrected chi connectivity index (χ4v) is 0.937. The number of nitrogens with one attached hydrogen (secondary N) is 1. The van der Waals surface area contributed by atoms with Gasteiger partial charge in [-0.25, -0.2) is 0 Å². The van der Waals surface area contributed by atoms with E-state index in [0.717, 1.165) is 26.2 Å². The average molecular weight is 202 g/mol. The van der Waals surface area contributed by atoms with E-state index in [1.165, 1.54) is 0 Å². The molecular weight excluding hydrogens is 176 g/mol. The Hall–Kier alpha value is -0.120. The molecule has 3 heteroatoms. The van der Waals surface area contributed by atoms with Crippen LogP contribution in [0.4, 0.5) is 0 Å². The van der Waals surface area contributed by atoms with Crippen LogP contribution in [0.25, 0.3) is 0 Å². The van der Waals surface area contributed by atoms with Crippen molar-refractivity contribution in [1.82, 2.24) is 10.2 Å². The molecule has 0 rings (SSSR count). The highest BCUT2D eigenvalue weighted by molar-refractivity contribution is 4.56. The summed E-state index contributed by atoms with van der Waals surface area (Å²) < 4.78 is 5.63. The number of rotatable bonds is 8. The molecule has 0 aliphatic rings. The molecule has 1 unspecified atom stereocenters. The zero-order valence-electron chi connectivity index (χ0n) is 10.3. The minimum Gasteiger partial charge on any atom is -0.377 e. The Morgan fingerprint density at radius 3 is 2.29 bits per heavy atom. The summed E-state index contributed by atoms with van der Waals surface area (Å²) in [6.07, 6.45) is 0.366. The van der Waals surface area contributed by atoms with Crippen molar-refractivity contribution in [3.05, 3.63) is 0 Å². The predicted molar refractivity (Wildman–Crippen MR) is 61.7 cm³/mol. The SMILES string of the molecule is CC(C)C(C)OCCNCCN(C)C. The molecule has 86 valence electrons. The van der Waals surface area contributed by atoms with Crippen molar-refractivity contribution in [2.75, 3.05) is 40.3 Å². The van der Waals surface area contributed by atoms with Crippen LogP contribution in [0.3, 0.4) is 0 Å². The second kappa shape index (κ2) is 8.21. The molecule has 0 aromatic heterocycles. The maximum absolute atomic E-state index is 5.63. The molecule has 1 N–H and O–H groups in total. The third-order valence-electron chi connectivity index (χ3n) is 2.33. The van der Waals surface area contributed by atoms with Gasteiger partial charge in [-0.2, -0.15) is 0 Å². The lowest BCUT2D eigenvalue weighted by Crippen LogP contribution is -2.30. The average Bonchev–Trinajstić information content (AvgIpc) is 2.09. The molecule has 0 heterocycles. The molecule has 0 fully saturated rings. The molecule has 0 aromatic rings. The van der Waals surface area contributed by atoms with Crippen molar-refractivity contribution in [3.8, 4) is 0 Å². The molecule has 14 heavy (non-hydrogen) atoms. The van der Waals surface area contributed by atoms with E-state index in [-0.39, 0.29) is 0 Å². The van der Waals surface area contributed by atoms with Crippen LogP contribution in [0.15, 0.2) is 0 Å². The van der Waals surface area contributed by atoms with Crippen LogP contribution in [-0.2, 0) is 4.74 Å². The molecule has 0 saturated heterocycles. The first-order chi connectivity index (χ1) is 6.54. The second-order valence-electron chi connectivity index (χ2n) is 4.37. The summed E-state index contributed by atoms with van der Waals surface area (Å²) in [6.45, 7) is 10.4. The Morgan fingerprint density at radius 1 is 1.14 bits per heavy atom. The van der Waals surface area contributed by atoms with Crippen molar-refractivity contribution in [2.45, 2.75) is 26.9 Å². The molecule has 3 nitrogen and oxygen atoms in total. The van der Waals surface area contributed by atoms with Crippen LogP contribution in [0.5, 0.6) is 0 Å². The highest BCUT2D eigenvalue weighted by atomic mass is 16.5. The smallest absolute Gasteiger partial charge is 0.0594 e. The van der Waals surface area contributed by atoms with Crippen molar-refractivity contribution >= 4 is 0 Å². The standard InChI is InChI=1S/C11H26N2O/c1-10(2)11(3)14-9-7-12-6-8-13(4)5/h10-12H,6-9H2,1-5H3. The molecule has 1 atom stereocenters. The molecule has 0 spiro atoms. The number of ether oxygens (including phenoxy) is 1. The summed E-state index contributed by atoms with van der Waals surface area (Å²) in [5.74, 6) is 0.608. The molecule has 0 bridgehead atoms. The molecule has 0 amide bonds. The summed E-state index contributed by atoms with van der Waals surface area (Å²) in [5, 5.41) is 3.34. The first-order valence-electron chi connectivity index (χ1n) is 5.51. The third kappa shape index (κ3) is 8.48. The van der Waals surface area contributed by atoms with E-state index in [1.807, 2.05) is 0 Å². The van der Waals surface area contributed by atoms with Gasteiger partial charge in [-0.05, 0) is 26.9 Å². The van der Waals surface area contributed by atoms with Gasteiger partial charge in [0.2, 0.25) is 0 Å². The van der Waals surface area contributed by atoms with Crippen molar-refractivity contribution in [2.24, 2.45) is 5.92 Å². The van der Waals surface area contributed by atoms with Gasteiger partial charge in [-0.15, -0.1) is 0 Å². The van der Waals surface area contributed by atoms with Crippen LogP contribution < -0.4 is 5.32 Å². The predicted octanol–water partition coefficient (Wildman–Crippen LogP) is 1.20. The van der Waals surface area contributed by atoms with Crippen LogP contribution >= 0.6 is 0 Å². The van der Waals surface area contributed by atoms with E-state index in [1.54, 1.807) is 0 Å². The van der Waals surface area contributed by atoms with Crippen molar-refractivity contribution in [3.63, 3.8) is 0 Å². The maximum Gasteiger partial charge on any atom is 0.0594 e. The highest BCUT2D eigenvalue weighted by Crippen LogP contribution is 2.03. The zero-order valence-corrected chi connectivity index (χ0v) is 10.3. The largest absolute Gasteiger partial charge is 0.377 e. The van der Waals surface area contributed by atoms with Crippen LogP contribution in [0, 0.1) is 5.92 Å². The monoisotopic (exact) mass is 202 g/mol. The van der Waals surface area contributed by atoms with Gasteiger partial charge in [0.25, 0.3) is 0 Å². The van der Waals surface area contributed by atoms with E-state index in [9.17, 15) is 0 Å². The highest BCUT2D eigenvalue weighted by Gasteiger charge is 2.05. The lowest BCUT2D eigenvalue weighted by molar-refractivity contribution is 0.0373. The molecule has 0 saturated carbocycles. The normalized spacial score (nSPS) is 13.9. The first-order valence-corrected chi connectivity index (χ1v) is 5.51. The Bertz CT molecular complexity index is 126.